The molecule has 1 N–H and O–H groups in total. The van der Waals surface area contributed by atoms with Gasteiger partial charge in [0.15, 0.2) is 0 Å². The van der Waals surface area contributed by atoms with Crippen LogP contribution in [0.1, 0.15) is 16.8 Å². The highest BCUT2D eigenvalue weighted by Crippen LogP contribution is 2.17. The van der Waals surface area contributed by atoms with Crippen LogP contribution < -0.4 is 0 Å². The quantitative estimate of drug-likeness (QED) is 0.813. The van der Waals surface area contributed by atoms with Gasteiger partial charge in [-0.15, -0.1) is 6.58 Å². The van der Waals surface area contributed by atoms with Crippen molar-refractivity contribution in [2.75, 3.05) is 19.7 Å². The van der Waals surface area contributed by atoms with Crippen molar-refractivity contribution >= 4 is 5.91 Å². The summed E-state index contributed by atoms with van der Waals surface area (Å²) >= 11 is 0. The zero-order valence-corrected chi connectivity index (χ0v) is 10.1. The molecule has 1 saturated heterocycles. The number of pyridine rings is 1. The van der Waals surface area contributed by atoms with Crippen LogP contribution >= 0.6 is 0 Å². The second-order valence-corrected chi connectivity index (χ2v) is 4.22. The Labute approximate surface area is 106 Å². The van der Waals surface area contributed by atoms with Crippen LogP contribution in [0.3, 0.4) is 0 Å². The molecule has 1 unspecified atom stereocenters. The highest BCUT2D eigenvalue weighted by Gasteiger charge is 2.27. The van der Waals surface area contributed by atoms with E-state index in [-0.39, 0.29) is 17.8 Å². The SMILES string of the molecule is C=CCOC1CCN(C(=O)c2cncc(O)c2)C1. The molecule has 1 atom stereocenters. The third-order valence-electron chi connectivity index (χ3n) is 2.85. The molecule has 1 aromatic rings. The molecule has 0 aliphatic carbocycles. The lowest BCUT2D eigenvalue weighted by Gasteiger charge is -2.16. The van der Waals surface area contributed by atoms with Gasteiger partial charge < -0.3 is 14.7 Å². The Kier molecular flexibility index (Phi) is 3.94. The number of carbonyl (C=O) groups is 1. The molecular weight excluding hydrogens is 232 g/mol. The average Bonchev–Trinajstić information content (AvgIpc) is 2.84. The summed E-state index contributed by atoms with van der Waals surface area (Å²) in [6.07, 6.45) is 5.35. The molecule has 1 fully saturated rings. The van der Waals surface area contributed by atoms with Crippen LogP contribution in [-0.2, 0) is 4.74 Å². The second-order valence-electron chi connectivity index (χ2n) is 4.22. The maximum absolute atomic E-state index is 12.1. The van der Waals surface area contributed by atoms with E-state index in [0.717, 1.165) is 6.42 Å². The molecule has 1 aliphatic heterocycles. The molecule has 5 nitrogen and oxygen atoms in total. The summed E-state index contributed by atoms with van der Waals surface area (Å²) in [5, 5.41) is 9.30. The lowest BCUT2D eigenvalue weighted by molar-refractivity contribution is 0.0653. The van der Waals surface area contributed by atoms with Gasteiger partial charge in [0.05, 0.1) is 24.5 Å². The Morgan fingerprint density at radius 2 is 2.50 bits per heavy atom. The molecule has 1 aliphatic rings. The van der Waals surface area contributed by atoms with Crippen molar-refractivity contribution in [3.63, 3.8) is 0 Å². The molecule has 18 heavy (non-hydrogen) atoms. The number of carbonyl (C=O) groups excluding carboxylic acids is 1. The van der Waals surface area contributed by atoms with E-state index in [1.165, 1.54) is 18.5 Å². The largest absolute Gasteiger partial charge is 0.506 e. The van der Waals surface area contributed by atoms with E-state index < -0.39 is 0 Å². The summed E-state index contributed by atoms with van der Waals surface area (Å²) in [5.74, 6) is -0.123. The van der Waals surface area contributed by atoms with Crippen LogP contribution in [-0.4, -0.2) is 46.7 Å². The molecule has 1 amide bonds. The van der Waals surface area contributed by atoms with Gasteiger partial charge in [-0.2, -0.15) is 0 Å². The summed E-state index contributed by atoms with van der Waals surface area (Å²) in [6.45, 7) is 5.33. The Morgan fingerprint density at radius 3 is 3.22 bits per heavy atom. The van der Waals surface area contributed by atoms with Crippen molar-refractivity contribution in [1.82, 2.24) is 9.88 Å². The van der Waals surface area contributed by atoms with Crippen LogP contribution in [0.2, 0.25) is 0 Å². The van der Waals surface area contributed by atoms with Gasteiger partial charge in [-0.05, 0) is 12.5 Å². The van der Waals surface area contributed by atoms with Crippen molar-refractivity contribution in [3.8, 4) is 5.75 Å². The molecule has 2 rings (SSSR count). The number of aromatic hydroxyl groups is 1. The van der Waals surface area contributed by atoms with Crippen LogP contribution in [0, 0.1) is 0 Å². The molecule has 5 heteroatoms. The Bertz CT molecular complexity index is 448. The number of aromatic nitrogens is 1. The zero-order valence-electron chi connectivity index (χ0n) is 10.1. The second kappa shape index (κ2) is 5.64. The molecule has 2 heterocycles. The maximum atomic E-state index is 12.1. The van der Waals surface area contributed by atoms with Crippen LogP contribution in [0.5, 0.6) is 5.75 Å². The normalized spacial score (nSPS) is 18.9. The minimum Gasteiger partial charge on any atom is -0.506 e. The molecule has 0 aromatic carbocycles. The average molecular weight is 248 g/mol. The zero-order chi connectivity index (χ0) is 13.0. The van der Waals surface area contributed by atoms with Gasteiger partial charge in [-0.3, -0.25) is 9.78 Å². The summed E-state index contributed by atoms with van der Waals surface area (Å²) in [7, 11) is 0. The van der Waals surface area contributed by atoms with Gasteiger partial charge in [-0.1, -0.05) is 6.08 Å². The number of amides is 1. The van der Waals surface area contributed by atoms with E-state index in [1.807, 2.05) is 0 Å². The summed E-state index contributed by atoms with van der Waals surface area (Å²) in [4.78, 5) is 17.6. The van der Waals surface area contributed by atoms with E-state index in [9.17, 15) is 9.90 Å². The van der Waals surface area contributed by atoms with Crippen LogP contribution in [0.4, 0.5) is 0 Å². The van der Waals surface area contributed by atoms with E-state index in [2.05, 4.69) is 11.6 Å². The lowest BCUT2D eigenvalue weighted by atomic mass is 10.2. The molecular formula is C13H16N2O3. The molecule has 0 radical (unpaired) electrons. The highest BCUT2D eigenvalue weighted by atomic mass is 16.5. The Balaban J connectivity index is 1.97. The first-order valence-electron chi connectivity index (χ1n) is 5.86. The van der Waals surface area contributed by atoms with Gasteiger partial charge >= 0.3 is 0 Å². The van der Waals surface area contributed by atoms with Crippen LogP contribution in [0.25, 0.3) is 0 Å². The van der Waals surface area contributed by atoms with Gasteiger partial charge in [-0.25, -0.2) is 0 Å². The molecule has 1 aromatic heterocycles. The third-order valence-corrected chi connectivity index (χ3v) is 2.85. The summed E-state index contributed by atoms with van der Waals surface area (Å²) < 4.78 is 5.52. The fourth-order valence-electron chi connectivity index (χ4n) is 1.98. The van der Waals surface area contributed by atoms with Crippen molar-refractivity contribution in [1.29, 1.82) is 0 Å². The predicted molar refractivity (Wildman–Crippen MR) is 66.4 cm³/mol. The monoisotopic (exact) mass is 248 g/mol. The number of rotatable bonds is 4. The van der Waals surface area contributed by atoms with E-state index >= 15 is 0 Å². The van der Waals surface area contributed by atoms with Gasteiger partial charge in [0.25, 0.3) is 5.91 Å². The molecule has 0 spiro atoms. The number of nitrogens with zero attached hydrogens (tertiary/aromatic N) is 2. The van der Waals surface area contributed by atoms with Crippen molar-refractivity contribution in [3.05, 3.63) is 36.7 Å². The standard InChI is InChI=1S/C13H16N2O3/c1-2-5-18-12-3-4-15(9-12)13(17)10-6-11(16)8-14-7-10/h2,6-8,12,16H,1,3-5,9H2. The Morgan fingerprint density at radius 1 is 1.67 bits per heavy atom. The highest BCUT2D eigenvalue weighted by molar-refractivity contribution is 5.94. The summed E-state index contributed by atoms with van der Waals surface area (Å²) in [6, 6.07) is 1.42. The topological polar surface area (TPSA) is 62.7 Å². The van der Waals surface area contributed by atoms with Crippen molar-refractivity contribution < 1.29 is 14.6 Å². The minimum absolute atomic E-state index is 0.000459. The van der Waals surface area contributed by atoms with Gasteiger partial charge in [0, 0.05) is 19.3 Å². The van der Waals surface area contributed by atoms with Gasteiger partial charge in [0.1, 0.15) is 5.75 Å². The lowest BCUT2D eigenvalue weighted by Crippen LogP contribution is -2.30. The van der Waals surface area contributed by atoms with Crippen molar-refractivity contribution in [2.45, 2.75) is 12.5 Å². The number of hydrogen-bond donors (Lipinski definition) is 1. The fourth-order valence-corrected chi connectivity index (χ4v) is 1.98. The third kappa shape index (κ3) is 2.87. The summed E-state index contributed by atoms with van der Waals surface area (Å²) in [5.41, 5.74) is 0.402. The minimum atomic E-state index is -0.122. The molecule has 0 bridgehead atoms. The number of likely N-dealkylation sites (tertiary alicyclic amines) is 1. The number of hydrogen-bond acceptors (Lipinski definition) is 4. The maximum Gasteiger partial charge on any atom is 0.255 e. The first-order valence-corrected chi connectivity index (χ1v) is 5.86. The first kappa shape index (κ1) is 12.6. The van der Waals surface area contributed by atoms with Crippen LogP contribution in [0.15, 0.2) is 31.1 Å². The van der Waals surface area contributed by atoms with Crippen molar-refractivity contribution in [2.24, 2.45) is 0 Å². The van der Waals surface area contributed by atoms with E-state index in [0.29, 0.717) is 25.3 Å². The van der Waals surface area contributed by atoms with E-state index in [4.69, 9.17) is 4.74 Å². The molecule has 0 saturated carbocycles. The molecule has 96 valence electrons. The fraction of sp³-hybridized carbons (Fsp3) is 0.385. The predicted octanol–water partition coefficient (Wildman–Crippen LogP) is 1.20. The smallest absolute Gasteiger partial charge is 0.255 e. The van der Waals surface area contributed by atoms with E-state index in [1.54, 1.807) is 11.0 Å². The Hall–Kier alpha value is -1.88. The number of ether oxygens (including phenoxy) is 1. The first-order chi connectivity index (χ1) is 8.70. The van der Waals surface area contributed by atoms with Gasteiger partial charge in [0.2, 0.25) is 0 Å².